The standard InChI is InChI=1S/C13H24N2OS/c1-2-14-5-7-15(8-6-14)13(16)11-12-3-9-17-10-4-12/h12H,2-11H2,1H3. The third-order valence-corrected chi connectivity index (χ3v) is 5.03. The van der Waals surface area contributed by atoms with Gasteiger partial charge >= 0.3 is 0 Å². The van der Waals surface area contributed by atoms with E-state index in [4.69, 9.17) is 0 Å². The average molecular weight is 256 g/mol. The predicted molar refractivity (Wildman–Crippen MR) is 73.4 cm³/mol. The Hall–Kier alpha value is -0.220. The summed E-state index contributed by atoms with van der Waals surface area (Å²) in [6.45, 7) is 7.30. The number of piperazine rings is 1. The Morgan fingerprint density at radius 1 is 1.18 bits per heavy atom. The molecule has 0 N–H and O–H groups in total. The third-order valence-electron chi connectivity index (χ3n) is 3.98. The summed E-state index contributed by atoms with van der Waals surface area (Å²) in [7, 11) is 0. The van der Waals surface area contributed by atoms with Crippen LogP contribution in [0.4, 0.5) is 0 Å². The van der Waals surface area contributed by atoms with Gasteiger partial charge in [0.05, 0.1) is 0 Å². The largest absolute Gasteiger partial charge is 0.340 e. The number of likely N-dealkylation sites (N-methyl/N-ethyl adjacent to an activating group) is 1. The lowest BCUT2D eigenvalue weighted by Gasteiger charge is -2.35. The van der Waals surface area contributed by atoms with Crippen LogP contribution >= 0.6 is 11.8 Å². The van der Waals surface area contributed by atoms with E-state index in [9.17, 15) is 4.79 Å². The van der Waals surface area contributed by atoms with Crippen molar-refractivity contribution in [2.75, 3.05) is 44.2 Å². The second-order valence-electron chi connectivity index (χ2n) is 5.07. The van der Waals surface area contributed by atoms with Crippen LogP contribution in [0, 0.1) is 5.92 Å². The number of hydrogen-bond donors (Lipinski definition) is 0. The van der Waals surface area contributed by atoms with Gasteiger partial charge in [0.25, 0.3) is 0 Å². The molecular weight excluding hydrogens is 232 g/mol. The molecule has 2 rings (SSSR count). The smallest absolute Gasteiger partial charge is 0.222 e. The molecule has 2 aliphatic heterocycles. The maximum Gasteiger partial charge on any atom is 0.222 e. The van der Waals surface area contributed by atoms with Gasteiger partial charge in [-0.15, -0.1) is 0 Å². The summed E-state index contributed by atoms with van der Waals surface area (Å²) < 4.78 is 0. The van der Waals surface area contributed by atoms with Gasteiger partial charge in [-0.3, -0.25) is 4.79 Å². The molecule has 1 amide bonds. The summed E-state index contributed by atoms with van der Waals surface area (Å²) in [6.07, 6.45) is 3.28. The zero-order chi connectivity index (χ0) is 12.1. The molecule has 0 unspecified atom stereocenters. The van der Waals surface area contributed by atoms with E-state index in [0.29, 0.717) is 11.8 Å². The highest BCUT2D eigenvalue weighted by Crippen LogP contribution is 2.25. The normalized spacial score (nSPS) is 23.9. The minimum Gasteiger partial charge on any atom is -0.340 e. The van der Waals surface area contributed by atoms with Gasteiger partial charge in [-0.2, -0.15) is 11.8 Å². The van der Waals surface area contributed by atoms with Crippen molar-refractivity contribution in [2.45, 2.75) is 26.2 Å². The molecule has 0 radical (unpaired) electrons. The van der Waals surface area contributed by atoms with Crippen LogP contribution in [-0.4, -0.2) is 59.9 Å². The van der Waals surface area contributed by atoms with Crippen LogP contribution in [0.15, 0.2) is 0 Å². The minimum atomic E-state index is 0.401. The molecule has 2 aliphatic rings. The van der Waals surface area contributed by atoms with Crippen LogP contribution in [0.5, 0.6) is 0 Å². The Kier molecular flexibility index (Phi) is 5.16. The van der Waals surface area contributed by atoms with E-state index in [-0.39, 0.29) is 0 Å². The second kappa shape index (κ2) is 6.64. The monoisotopic (exact) mass is 256 g/mol. The lowest BCUT2D eigenvalue weighted by molar-refractivity contribution is -0.134. The number of rotatable bonds is 3. The topological polar surface area (TPSA) is 23.6 Å². The summed E-state index contributed by atoms with van der Waals surface area (Å²) in [5, 5.41) is 0. The Morgan fingerprint density at radius 3 is 2.41 bits per heavy atom. The first-order valence-corrected chi connectivity index (χ1v) is 8.03. The highest BCUT2D eigenvalue weighted by atomic mass is 32.2. The fraction of sp³-hybridized carbons (Fsp3) is 0.923. The fourth-order valence-electron chi connectivity index (χ4n) is 2.64. The number of nitrogens with zero attached hydrogens (tertiary/aromatic N) is 2. The van der Waals surface area contributed by atoms with Crippen molar-refractivity contribution < 1.29 is 4.79 Å². The van der Waals surface area contributed by atoms with Crippen molar-refractivity contribution in [3.8, 4) is 0 Å². The molecule has 0 saturated carbocycles. The molecule has 4 heteroatoms. The van der Waals surface area contributed by atoms with Crippen LogP contribution in [-0.2, 0) is 4.79 Å². The van der Waals surface area contributed by atoms with E-state index in [1.165, 1.54) is 24.3 Å². The molecule has 0 spiro atoms. The minimum absolute atomic E-state index is 0.401. The van der Waals surface area contributed by atoms with Gasteiger partial charge in [-0.25, -0.2) is 0 Å². The van der Waals surface area contributed by atoms with Crippen molar-refractivity contribution in [3.05, 3.63) is 0 Å². The Labute approximate surface area is 109 Å². The summed E-state index contributed by atoms with van der Waals surface area (Å²) in [5.41, 5.74) is 0. The maximum absolute atomic E-state index is 12.2. The molecule has 0 aromatic heterocycles. The summed E-state index contributed by atoms with van der Waals surface area (Å²) in [5.74, 6) is 3.56. The molecule has 2 saturated heterocycles. The fourth-order valence-corrected chi connectivity index (χ4v) is 3.84. The summed E-state index contributed by atoms with van der Waals surface area (Å²) >= 11 is 2.03. The first kappa shape index (κ1) is 13.2. The molecule has 0 bridgehead atoms. The molecule has 98 valence electrons. The molecule has 2 fully saturated rings. The van der Waals surface area contributed by atoms with Gasteiger partial charge in [0.15, 0.2) is 0 Å². The van der Waals surface area contributed by atoms with Crippen LogP contribution in [0.1, 0.15) is 26.2 Å². The van der Waals surface area contributed by atoms with Gasteiger partial charge in [0.2, 0.25) is 5.91 Å². The average Bonchev–Trinajstić information content (AvgIpc) is 2.40. The zero-order valence-electron chi connectivity index (χ0n) is 10.9. The molecule has 0 aromatic carbocycles. The van der Waals surface area contributed by atoms with Crippen molar-refractivity contribution in [3.63, 3.8) is 0 Å². The Morgan fingerprint density at radius 2 is 1.82 bits per heavy atom. The van der Waals surface area contributed by atoms with E-state index >= 15 is 0 Å². The first-order valence-electron chi connectivity index (χ1n) is 6.87. The summed E-state index contributed by atoms with van der Waals surface area (Å²) in [4.78, 5) is 16.7. The molecule has 2 heterocycles. The van der Waals surface area contributed by atoms with E-state index in [2.05, 4.69) is 16.7 Å². The SMILES string of the molecule is CCN1CCN(C(=O)CC2CCSCC2)CC1. The van der Waals surface area contributed by atoms with Gasteiger partial charge in [0.1, 0.15) is 0 Å². The maximum atomic E-state index is 12.2. The molecule has 0 atom stereocenters. The highest BCUT2D eigenvalue weighted by Gasteiger charge is 2.23. The van der Waals surface area contributed by atoms with E-state index in [1.807, 2.05) is 11.8 Å². The molecule has 0 aromatic rings. The molecule has 17 heavy (non-hydrogen) atoms. The quantitative estimate of drug-likeness (QED) is 0.767. The van der Waals surface area contributed by atoms with Gasteiger partial charge in [0, 0.05) is 32.6 Å². The number of amides is 1. The van der Waals surface area contributed by atoms with Crippen LogP contribution < -0.4 is 0 Å². The third kappa shape index (κ3) is 3.88. The van der Waals surface area contributed by atoms with E-state index in [0.717, 1.165) is 39.1 Å². The van der Waals surface area contributed by atoms with Crippen LogP contribution in [0.2, 0.25) is 0 Å². The van der Waals surface area contributed by atoms with E-state index in [1.54, 1.807) is 0 Å². The Bertz CT molecular complexity index is 246. The van der Waals surface area contributed by atoms with Crippen LogP contribution in [0.25, 0.3) is 0 Å². The number of carbonyl (C=O) groups is 1. The Balaban J connectivity index is 1.72. The molecule has 0 aliphatic carbocycles. The van der Waals surface area contributed by atoms with Gasteiger partial charge < -0.3 is 9.80 Å². The highest BCUT2D eigenvalue weighted by molar-refractivity contribution is 7.99. The zero-order valence-corrected chi connectivity index (χ0v) is 11.7. The number of carbonyl (C=O) groups excluding carboxylic acids is 1. The molecular formula is C13H24N2OS. The second-order valence-corrected chi connectivity index (χ2v) is 6.30. The van der Waals surface area contributed by atoms with Gasteiger partial charge in [-0.1, -0.05) is 6.92 Å². The first-order chi connectivity index (χ1) is 8.29. The van der Waals surface area contributed by atoms with E-state index < -0.39 is 0 Å². The predicted octanol–water partition coefficient (Wildman–Crippen LogP) is 1.68. The summed E-state index contributed by atoms with van der Waals surface area (Å²) in [6, 6.07) is 0. The van der Waals surface area contributed by atoms with Gasteiger partial charge in [-0.05, 0) is 36.8 Å². The molecule has 3 nitrogen and oxygen atoms in total. The van der Waals surface area contributed by atoms with Crippen molar-refractivity contribution in [1.82, 2.24) is 9.80 Å². The van der Waals surface area contributed by atoms with Crippen molar-refractivity contribution in [1.29, 1.82) is 0 Å². The number of thioether (sulfide) groups is 1. The van der Waals surface area contributed by atoms with Crippen LogP contribution in [0.3, 0.4) is 0 Å². The van der Waals surface area contributed by atoms with Crippen molar-refractivity contribution >= 4 is 17.7 Å². The van der Waals surface area contributed by atoms with Crippen molar-refractivity contribution in [2.24, 2.45) is 5.92 Å². The lowest BCUT2D eigenvalue weighted by Crippen LogP contribution is -2.48. The number of hydrogen-bond acceptors (Lipinski definition) is 3. The lowest BCUT2D eigenvalue weighted by atomic mass is 9.98.